The van der Waals surface area contributed by atoms with Gasteiger partial charge in [0.25, 0.3) is 15.9 Å². The lowest BCUT2D eigenvalue weighted by Gasteiger charge is -2.36. The monoisotopic (exact) mass is 657 g/mol. The molecule has 10 nitrogen and oxygen atoms in total. The Morgan fingerprint density at radius 3 is 2.43 bits per heavy atom. The van der Waals surface area contributed by atoms with Crippen LogP contribution in [0.4, 0.5) is 5.69 Å². The molecule has 2 aromatic carbocycles. The zero-order valence-electron chi connectivity index (χ0n) is 27.7. The number of hydrogen-bond acceptors (Lipinski definition) is 7. The van der Waals surface area contributed by atoms with Crippen molar-refractivity contribution in [3.8, 4) is 5.75 Å². The standard InChI is InChI=1S/C35H51N3O7S/c1-25-22-38(26(2)24-39)35(41)31-21-29(36-46(42,43)30-16-9-6-10-17-30)18-19-32(31)45-27(3)13-11-12-20-44-33(25)23-37(4)34(40)28-14-7-5-8-15-28/h6,9-10,16-19,21,25-28,33,36,39H,5,7-8,11-15,20,22-24H2,1-4H3/t25-,26-,27-,33+/m0/s1. The largest absolute Gasteiger partial charge is 0.490 e. The normalized spacial score (nSPS) is 23.0. The van der Waals surface area contributed by atoms with Crippen molar-refractivity contribution in [2.75, 3.05) is 38.1 Å². The average Bonchev–Trinajstić information content (AvgIpc) is 3.06. The van der Waals surface area contributed by atoms with Crippen LogP contribution >= 0.6 is 0 Å². The molecule has 1 fully saturated rings. The molecule has 46 heavy (non-hydrogen) atoms. The van der Waals surface area contributed by atoms with E-state index in [9.17, 15) is 23.1 Å². The highest BCUT2D eigenvalue weighted by molar-refractivity contribution is 7.92. The van der Waals surface area contributed by atoms with Gasteiger partial charge >= 0.3 is 0 Å². The second-order valence-electron chi connectivity index (χ2n) is 13.0. The van der Waals surface area contributed by atoms with Crippen LogP contribution in [0.1, 0.15) is 82.5 Å². The first kappa shape index (κ1) is 35.7. The van der Waals surface area contributed by atoms with Crippen molar-refractivity contribution in [2.45, 2.75) is 95.3 Å². The topological polar surface area (TPSA) is 125 Å². The number of ether oxygens (including phenoxy) is 2. The number of carbonyl (C=O) groups excluding carboxylic acids is 2. The summed E-state index contributed by atoms with van der Waals surface area (Å²) in [7, 11) is -2.06. The van der Waals surface area contributed by atoms with Gasteiger partial charge < -0.3 is 24.4 Å². The minimum Gasteiger partial charge on any atom is -0.490 e. The third-order valence-electron chi connectivity index (χ3n) is 9.14. The molecule has 0 aromatic heterocycles. The number of nitrogens with zero attached hydrogens (tertiary/aromatic N) is 2. The van der Waals surface area contributed by atoms with Gasteiger partial charge in [0, 0.05) is 44.3 Å². The number of benzene rings is 2. The maximum Gasteiger partial charge on any atom is 0.261 e. The van der Waals surface area contributed by atoms with Crippen molar-refractivity contribution in [1.82, 2.24) is 9.80 Å². The molecular formula is C35H51N3O7S. The predicted octanol–water partition coefficient (Wildman–Crippen LogP) is 5.32. The summed E-state index contributed by atoms with van der Waals surface area (Å²) in [5.74, 6) is -0.0153. The van der Waals surface area contributed by atoms with E-state index < -0.39 is 16.1 Å². The van der Waals surface area contributed by atoms with Crippen molar-refractivity contribution in [1.29, 1.82) is 0 Å². The van der Waals surface area contributed by atoms with Crippen molar-refractivity contribution < 1.29 is 32.6 Å². The summed E-state index contributed by atoms with van der Waals surface area (Å²) in [6, 6.07) is 12.2. The van der Waals surface area contributed by atoms with Gasteiger partial charge in [-0.3, -0.25) is 14.3 Å². The van der Waals surface area contributed by atoms with Crippen LogP contribution in [-0.4, -0.2) is 86.7 Å². The molecule has 2 N–H and O–H groups in total. The Hall–Kier alpha value is -3.15. The van der Waals surface area contributed by atoms with Crippen LogP contribution < -0.4 is 9.46 Å². The van der Waals surface area contributed by atoms with Gasteiger partial charge in [-0.25, -0.2) is 8.42 Å². The second kappa shape index (κ2) is 16.6. The zero-order chi connectivity index (χ0) is 33.3. The van der Waals surface area contributed by atoms with Gasteiger partial charge in [0.05, 0.1) is 35.3 Å². The van der Waals surface area contributed by atoms with E-state index in [0.29, 0.717) is 18.9 Å². The van der Waals surface area contributed by atoms with Crippen LogP contribution in [-0.2, 0) is 19.6 Å². The van der Waals surface area contributed by atoms with Gasteiger partial charge in [-0.2, -0.15) is 0 Å². The lowest BCUT2D eigenvalue weighted by Crippen LogP contribution is -2.48. The van der Waals surface area contributed by atoms with Crippen molar-refractivity contribution in [2.24, 2.45) is 11.8 Å². The fourth-order valence-electron chi connectivity index (χ4n) is 6.28. The number of sulfonamides is 1. The first-order valence-corrected chi connectivity index (χ1v) is 18.2. The van der Waals surface area contributed by atoms with Crippen molar-refractivity contribution >= 4 is 27.5 Å². The van der Waals surface area contributed by atoms with Crippen LogP contribution in [0.2, 0.25) is 0 Å². The molecule has 1 heterocycles. The molecule has 2 amide bonds. The Kier molecular flexibility index (Phi) is 12.9. The van der Waals surface area contributed by atoms with E-state index in [2.05, 4.69) is 4.72 Å². The van der Waals surface area contributed by atoms with Gasteiger partial charge in [0.1, 0.15) is 5.75 Å². The highest BCUT2D eigenvalue weighted by Crippen LogP contribution is 2.30. The Balaban J connectivity index is 1.63. The fourth-order valence-corrected chi connectivity index (χ4v) is 7.35. The molecule has 4 atom stereocenters. The van der Waals surface area contributed by atoms with Crippen LogP contribution in [0.25, 0.3) is 0 Å². The number of anilines is 1. The molecule has 0 bridgehead atoms. The minimum atomic E-state index is -3.90. The molecule has 2 aliphatic rings. The van der Waals surface area contributed by atoms with E-state index in [-0.39, 0.29) is 65.2 Å². The summed E-state index contributed by atoms with van der Waals surface area (Å²) in [6.07, 6.45) is 7.05. The van der Waals surface area contributed by atoms with E-state index >= 15 is 0 Å². The summed E-state index contributed by atoms with van der Waals surface area (Å²) in [5, 5.41) is 10.2. The third kappa shape index (κ3) is 9.45. The summed E-state index contributed by atoms with van der Waals surface area (Å²) in [5.41, 5.74) is 0.425. The zero-order valence-corrected chi connectivity index (χ0v) is 28.5. The van der Waals surface area contributed by atoms with Crippen molar-refractivity contribution in [3.63, 3.8) is 0 Å². The van der Waals surface area contributed by atoms with E-state index in [1.165, 1.54) is 24.6 Å². The molecule has 1 aliphatic heterocycles. The molecule has 0 radical (unpaired) electrons. The van der Waals surface area contributed by atoms with Crippen LogP contribution in [0.3, 0.4) is 0 Å². The molecule has 11 heteroatoms. The highest BCUT2D eigenvalue weighted by Gasteiger charge is 2.32. The summed E-state index contributed by atoms with van der Waals surface area (Å²) >= 11 is 0. The quantitative estimate of drug-likeness (QED) is 0.394. The molecule has 254 valence electrons. The van der Waals surface area contributed by atoms with Crippen molar-refractivity contribution in [3.05, 3.63) is 54.1 Å². The fraction of sp³-hybridized carbons (Fsp3) is 0.600. The predicted molar refractivity (Wildman–Crippen MR) is 178 cm³/mol. The first-order valence-electron chi connectivity index (χ1n) is 16.7. The summed E-state index contributed by atoms with van der Waals surface area (Å²) < 4.78 is 41.5. The maximum absolute atomic E-state index is 14.3. The van der Waals surface area contributed by atoms with Crippen LogP contribution in [0.5, 0.6) is 5.75 Å². The smallest absolute Gasteiger partial charge is 0.261 e. The number of likely N-dealkylation sites (N-methyl/N-ethyl adjacent to an activating group) is 1. The summed E-state index contributed by atoms with van der Waals surface area (Å²) in [6.45, 7) is 6.64. The molecule has 1 aliphatic carbocycles. The van der Waals surface area contributed by atoms with E-state index in [1.807, 2.05) is 20.9 Å². The van der Waals surface area contributed by atoms with Gasteiger partial charge in [0.2, 0.25) is 5.91 Å². The lowest BCUT2D eigenvalue weighted by atomic mass is 9.88. The Morgan fingerprint density at radius 1 is 1.04 bits per heavy atom. The number of fused-ring (bicyclic) bond motifs is 1. The van der Waals surface area contributed by atoms with Crippen LogP contribution in [0, 0.1) is 11.8 Å². The average molecular weight is 658 g/mol. The molecule has 4 rings (SSSR count). The van der Waals surface area contributed by atoms with Gasteiger partial charge in [-0.15, -0.1) is 0 Å². The Bertz CT molecular complexity index is 1400. The SMILES string of the molecule is C[C@H]1CCCCO[C@H](CN(C)C(=O)C2CCCCC2)[C@@H](C)CN([C@@H](C)CO)C(=O)c2cc(NS(=O)(=O)c3ccccc3)ccc2O1. The molecule has 0 spiro atoms. The highest BCUT2D eigenvalue weighted by atomic mass is 32.2. The van der Waals surface area contributed by atoms with E-state index in [4.69, 9.17) is 9.47 Å². The van der Waals surface area contributed by atoms with Crippen LogP contribution in [0.15, 0.2) is 53.4 Å². The minimum absolute atomic E-state index is 0.0477. The summed E-state index contributed by atoms with van der Waals surface area (Å²) in [4.78, 5) is 31.1. The van der Waals surface area contributed by atoms with Gasteiger partial charge in [-0.1, -0.05) is 44.4 Å². The number of rotatable bonds is 8. The third-order valence-corrected chi connectivity index (χ3v) is 10.5. The molecule has 1 saturated carbocycles. The number of aliphatic hydroxyl groups excluding tert-OH is 1. The first-order chi connectivity index (χ1) is 22.0. The number of aliphatic hydroxyl groups is 1. The Labute approximate surface area is 274 Å². The molecule has 0 unspecified atom stereocenters. The van der Waals surface area contributed by atoms with Gasteiger partial charge in [0.15, 0.2) is 0 Å². The number of nitrogens with one attached hydrogen (secondary N) is 1. The number of amides is 2. The van der Waals surface area contributed by atoms with E-state index in [1.54, 1.807) is 47.1 Å². The molecular weight excluding hydrogens is 606 g/mol. The Morgan fingerprint density at radius 2 is 1.74 bits per heavy atom. The maximum atomic E-state index is 14.3. The molecule has 0 saturated heterocycles. The second-order valence-corrected chi connectivity index (χ2v) is 14.7. The molecule has 2 aromatic rings. The number of carbonyl (C=O) groups is 2. The van der Waals surface area contributed by atoms with Gasteiger partial charge in [-0.05, 0) is 76.3 Å². The lowest BCUT2D eigenvalue weighted by molar-refractivity contribution is -0.137. The van der Waals surface area contributed by atoms with E-state index in [0.717, 1.165) is 44.9 Å². The number of hydrogen-bond donors (Lipinski definition) is 2.